The minimum absolute atomic E-state index is 0.0673. The number of hydrogen-bond donors (Lipinski definition) is 3. The van der Waals surface area contributed by atoms with E-state index in [0.29, 0.717) is 69.6 Å². The van der Waals surface area contributed by atoms with E-state index >= 15 is 0 Å². The smallest absolute Gasteiger partial charge is 0.223 e. The number of hydrogen-bond acceptors (Lipinski definition) is 10. The van der Waals surface area contributed by atoms with E-state index in [9.17, 15) is 19.8 Å². The summed E-state index contributed by atoms with van der Waals surface area (Å²) in [4.78, 5) is 24.9. The maximum Gasteiger partial charge on any atom is 0.223 e. The SMILES string of the molecule is CCCOCCOCC(O)CSCC[C@H](CC)C(=O)N[C@@H](CCSCC(O)COCCOCCC)C(C)=O. The van der Waals surface area contributed by atoms with Gasteiger partial charge in [-0.15, -0.1) is 0 Å². The monoisotopic (exact) mass is 583 g/mol. The van der Waals surface area contributed by atoms with Crippen LogP contribution in [0.2, 0.25) is 0 Å². The maximum absolute atomic E-state index is 12.8. The quantitative estimate of drug-likeness (QED) is 0.118. The zero-order valence-electron chi connectivity index (χ0n) is 24.0. The summed E-state index contributed by atoms with van der Waals surface area (Å²) in [5.41, 5.74) is 0. The first-order chi connectivity index (χ1) is 18.3. The summed E-state index contributed by atoms with van der Waals surface area (Å²) >= 11 is 3.14. The molecule has 0 aromatic carbocycles. The Labute approximate surface area is 238 Å². The average molecular weight is 584 g/mol. The summed E-state index contributed by atoms with van der Waals surface area (Å²) in [6.07, 6.45) is 2.70. The molecule has 1 amide bonds. The van der Waals surface area contributed by atoms with E-state index in [0.717, 1.165) is 25.2 Å². The molecular weight excluding hydrogens is 530 g/mol. The minimum Gasteiger partial charge on any atom is -0.390 e. The highest BCUT2D eigenvalue weighted by atomic mass is 32.2. The van der Waals surface area contributed by atoms with Gasteiger partial charge in [0.2, 0.25) is 5.91 Å². The number of ketones is 1. The first kappa shape index (κ1) is 37.6. The van der Waals surface area contributed by atoms with Crippen LogP contribution in [0.3, 0.4) is 0 Å². The fourth-order valence-electron chi connectivity index (χ4n) is 3.32. The first-order valence-corrected chi connectivity index (χ1v) is 16.3. The third-order valence-corrected chi connectivity index (χ3v) is 7.80. The molecule has 4 atom stereocenters. The van der Waals surface area contributed by atoms with Gasteiger partial charge in [0.1, 0.15) is 0 Å². The van der Waals surface area contributed by atoms with Gasteiger partial charge in [0, 0.05) is 30.6 Å². The lowest BCUT2D eigenvalue weighted by atomic mass is 10.0. The van der Waals surface area contributed by atoms with Gasteiger partial charge in [-0.2, -0.15) is 23.5 Å². The van der Waals surface area contributed by atoms with E-state index in [2.05, 4.69) is 12.2 Å². The number of Topliss-reactive ketones (excluding diaryl/α,β-unsaturated/α-hetero) is 1. The Kier molecular flexibility index (Phi) is 26.5. The van der Waals surface area contributed by atoms with Crippen molar-refractivity contribution in [2.24, 2.45) is 5.92 Å². The van der Waals surface area contributed by atoms with Crippen molar-refractivity contribution < 1.29 is 38.7 Å². The Morgan fingerprint density at radius 1 is 0.737 bits per heavy atom. The Morgan fingerprint density at radius 3 is 1.66 bits per heavy atom. The molecule has 0 spiro atoms. The highest BCUT2D eigenvalue weighted by Crippen LogP contribution is 2.16. The summed E-state index contributed by atoms with van der Waals surface area (Å²) in [6.45, 7) is 11.5. The third kappa shape index (κ3) is 22.4. The van der Waals surface area contributed by atoms with Crippen molar-refractivity contribution in [1.82, 2.24) is 5.32 Å². The molecule has 0 fully saturated rings. The predicted molar refractivity (Wildman–Crippen MR) is 156 cm³/mol. The Hall–Kier alpha value is -0.400. The topological polar surface area (TPSA) is 124 Å². The lowest BCUT2D eigenvalue weighted by molar-refractivity contribution is -0.129. The van der Waals surface area contributed by atoms with E-state index in [1.54, 1.807) is 23.5 Å². The fraction of sp³-hybridized carbons (Fsp3) is 0.926. The number of thioether (sulfide) groups is 2. The first-order valence-electron chi connectivity index (χ1n) is 14.0. The summed E-state index contributed by atoms with van der Waals surface area (Å²) < 4.78 is 21.5. The molecule has 2 unspecified atom stereocenters. The van der Waals surface area contributed by atoms with Gasteiger partial charge in [-0.25, -0.2) is 0 Å². The van der Waals surface area contributed by atoms with Crippen LogP contribution in [0.15, 0.2) is 0 Å². The van der Waals surface area contributed by atoms with E-state index < -0.39 is 18.2 Å². The molecule has 0 saturated heterocycles. The van der Waals surface area contributed by atoms with Crippen LogP contribution >= 0.6 is 23.5 Å². The second-order valence-electron chi connectivity index (χ2n) is 9.19. The van der Waals surface area contributed by atoms with Crippen LogP contribution in [-0.4, -0.2) is 116 Å². The Bertz CT molecular complexity index is 573. The molecule has 0 radical (unpaired) electrons. The van der Waals surface area contributed by atoms with Crippen LogP contribution in [0.4, 0.5) is 0 Å². The summed E-state index contributed by atoms with van der Waals surface area (Å²) in [7, 11) is 0. The largest absolute Gasteiger partial charge is 0.390 e. The van der Waals surface area contributed by atoms with Gasteiger partial charge in [0.25, 0.3) is 0 Å². The molecule has 0 aromatic rings. The predicted octanol–water partition coefficient (Wildman–Crippen LogP) is 2.94. The van der Waals surface area contributed by atoms with Crippen molar-refractivity contribution in [2.75, 3.05) is 75.9 Å². The Morgan fingerprint density at radius 2 is 1.21 bits per heavy atom. The molecule has 3 N–H and O–H groups in total. The lowest BCUT2D eigenvalue weighted by Gasteiger charge is -2.21. The molecule has 0 rings (SSSR count). The van der Waals surface area contributed by atoms with Crippen LogP contribution in [0, 0.1) is 5.92 Å². The van der Waals surface area contributed by atoms with Crippen LogP contribution in [0.25, 0.3) is 0 Å². The Balaban J connectivity index is 4.10. The van der Waals surface area contributed by atoms with Crippen molar-refractivity contribution >= 4 is 35.2 Å². The number of amides is 1. The van der Waals surface area contributed by atoms with Gasteiger partial charge < -0.3 is 34.5 Å². The van der Waals surface area contributed by atoms with Crippen molar-refractivity contribution in [3.05, 3.63) is 0 Å². The molecular formula is C27H53NO8S2. The molecule has 11 heteroatoms. The highest BCUT2D eigenvalue weighted by Gasteiger charge is 2.22. The van der Waals surface area contributed by atoms with Gasteiger partial charge in [0.05, 0.1) is 57.9 Å². The van der Waals surface area contributed by atoms with Crippen molar-refractivity contribution in [3.63, 3.8) is 0 Å². The number of aliphatic hydroxyl groups is 2. The van der Waals surface area contributed by atoms with Crippen LogP contribution < -0.4 is 5.32 Å². The molecule has 226 valence electrons. The maximum atomic E-state index is 12.8. The number of ether oxygens (including phenoxy) is 4. The summed E-state index contributed by atoms with van der Waals surface area (Å²) in [5.74, 6) is 2.10. The van der Waals surface area contributed by atoms with Crippen LogP contribution in [-0.2, 0) is 28.5 Å². The van der Waals surface area contributed by atoms with Gasteiger partial charge in [-0.05, 0) is 50.5 Å². The minimum atomic E-state index is -0.580. The molecule has 0 aliphatic heterocycles. The zero-order chi connectivity index (χ0) is 28.4. The van der Waals surface area contributed by atoms with Crippen molar-refractivity contribution in [1.29, 1.82) is 0 Å². The van der Waals surface area contributed by atoms with Gasteiger partial charge in [-0.3, -0.25) is 9.59 Å². The fourth-order valence-corrected chi connectivity index (χ4v) is 5.24. The van der Waals surface area contributed by atoms with Crippen LogP contribution in [0.1, 0.15) is 59.8 Å². The third-order valence-electron chi connectivity index (χ3n) is 5.51. The molecule has 0 saturated carbocycles. The molecule has 0 bridgehead atoms. The number of rotatable bonds is 28. The zero-order valence-corrected chi connectivity index (χ0v) is 25.6. The lowest BCUT2D eigenvalue weighted by Crippen LogP contribution is -2.43. The molecule has 38 heavy (non-hydrogen) atoms. The normalized spacial score (nSPS) is 14.7. The van der Waals surface area contributed by atoms with Crippen molar-refractivity contribution in [2.45, 2.75) is 78.0 Å². The van der Waals surface area contributed by atoms with Gasteiger partial charge in [-0.1, -0.05) is 20.8 Å². The highest BCUT2D eigenvalue weighted by molar-refractivity contribution is 7.99. The van der Waals surface area contributed by atoms with Gasteiger partial charge >= 0.3 is 0 Å². The molecule has 0 aromatic heterocycles. The van der Waals surface area contributed by atoms with E-state index in [4.69, 9.17) is 18.9 Å². The molecule has 0 heterocycles. The van der Waals surface area contributed by atoms with Crippen molar-refractivity contribution in [3.8, 4) is 0 Å². The number of aliphatic hydroxyl groups excluding tert-OH is 2. The summed E-state index contributed by atoms with van der Waals surface area (Å²) in [6, 6.07) is -0.527. The molecule has 0 aliphatic rings. The number of carbonyl (C=O) groups excluding carboxylic acids is 2. The second-order valence-corrected chi connectivity index (χ2v) is 11.5. The molecule has 9 nitrogen and oxygen atoms in total. The average Bonchev–Trinajstić information content (AvgIpc) is 2.89. The standard InChI is InChI=1S/C27H53NO8S2/c1-5-10-33-12-14-35-18-24(30)20-37-16-8-23(7-3)27(32)28-26(22(4)29)9-17-38-21-25(31)19-36-15-13-34-11-6-2/h23-26,30-31H,5-21H2,1-4H3,(H,28,32)/t23-,24?,25?,26-/m0/s1. The summed E-state index contributed by atoms with van der Waals surface area (Å²) in [5, 5.41) is 23.0. The second kappa shape index (κ2) is 26.8. The van der Waals surface area contributed by atoms with E-state index in [1.807, 2.05) is 13.8 Å². The van der Waals surface area contributed by atoms with E-state index in [1.165, 1.54) is 6.92 Å². The number of carbonyl (C=O) groups is 2. The van der Waals surface area contributed by atoms with Crippen LogP contribution in [0.5, 0.6) is 0 Å². The molecule has 0 aliphatic carbocycles. The number of nitrogens with one attached hydrogen (secondary N) is 1. The van der Waals surface area contributed by atoms with E-state index in [-0.39, 0.29) is 30.8 Å². The van der Waals surface area contributed by atoms with Gasteiger partial charge in [0.15, 0.2) is 5.78 Å².